The normalized spacial score (nSPS) is 14.6. The van der Waals surface area contributed by atoms with E-state index in [4.69, 9.17) is 14.0 Å². The number of aliphatic carboxylic acids is 1. The number of carbonyl (C=O) groups is 1. The van der Waals surface area contributed by atoms with E-state index >= 15 is 0 Å². The summed E-state index contributed by atoms with van der Waals surface area (Å²) >= 11 is 3.71. The zero-order valence-corrected chi connectivity index (χ0v) is 20.8. The second kappa shape index (κ2) is 9.63. The maximum atomic E-state index is 11.3. The molecule has 1 aliphatic rings. The number of hydrogen-bond donors (Lipinski definition) is 3. The summed E-state index contributed by atoms with van der Waals surface area (Å²) in [4.78, 5) is 15.4. The van der Waals surface area contributed by atoms with Crippen molar-refractivity contribution < 1.29 is 29.0 Å². The van der Waals surface area contributed by atoms with Crippen LogP contribution in [0.5, 0.6) is 11.5 Å². The maximum absolute atomic E-state index is 11.3. The van der Waals surface area contributed by atoms with Gasteiger partial charge in [0.1, 0.15) is 13.2 Å². The second-order valence-corrected chi connectivity index (χ2v) is 9.23. The maximum Gasteiger partial charge on any atom is 0.333 e. The van der Waals surface area contributed by atoms with Crippen LogP contribution in [0.15, 0.2) is 68.6 Å². The predicted molar refractivity (Wildman–Crippen MR) is 139 cm³/mol. The monoisotopic (exact) mass is 551 g/mol. The van der Waals surface area contributed by atoms with Crippen molar-refractivity contribution in [2.24, 2.45) is 4.99 Å². The molecule has 4 aromatic rings. The molecule has 0 bridgehead atoms. The molecule has 0 saturated heterocycles. The van der Waals surface area contributed by atoms with Gasteiger partial charge in [-0.3, -0.25) is 4.99 Å². The molecule has 0 spiro atoms. The molecule has 184 valence electrons. The van der Waals surface area contributed by atoms with Crippen LogP contribution in [0.2, 0.25) is 0 Å². The minimum absolute atomic E-state index is 0.501. The van der Waals surface area contributed by atoms with Crippen molar-refractivity contribution in [1.82, 2.24) is 5.16 Å². The molecule has 0 amide bonds. The lowest BCUT2D eigenvalue weighted by atomic mass is 10.0. The van der Waals surface area contributed by atoms with E-state index < -0.39 is 18.1 Å². The van der Waals surface area contributed by atoms with Crippen LogP contribution in [0.4, 0.5) is 11.5 Å². The number of hydrogen-bond acceptors (Lipinski definition) is 8. The van der Waals surface area contributed by atoms with Gasteiger partial charge in [-0.2, -0.15) is 0 Å². The number of ether oxygens (including phenoxy) is 2. The summed E-state index contributed by atoms with van der Waals surface area (Å²) in [5.74, 6) is 0.767. The summed E-state index contributed by atoms with van der Waals surface area (Å²) < 4.78 is 17.7. The SMILES string of the molecule is CC(CO)(N=Cc1ccc2c(Nc3cccc(-c4ccc5c(c4)OCCO5)c3Br)noc2c1)C(=O)O. The molecule has 9 nitrogen and oxygen atoms in total. The van der Waals surface area contributed by atoms with Crippen molar-refractivity contribution in [3.8, 4) is 22.6 Å². The van der Waals surface area contributed by atoms with Crippen molar-refractivity contribution in [3.05, 3.63) is 64.6 Å². The van der Waals surface area contributed by atoms with Gasteiger partial charge in [0.25, 0.3) is 0 Å². The molecule has 0 radical (unpaired) electrons. The quantitative estimate of drug-likeness (QED) is 0.273. The number of rotatable bonds is 7. The number of fused-ring (bicyclic) bond motifs is 2. The van der Waals surface area contributed by atoms with E-state index in [2.05, 4.69) is 31.4 Å². The van der Waals surface area contributed by atoms with Crippen LogP contribution in [-0.2, 0) is 4.79 Å². The molecule has 1 unspecified atom stereocenters. The smallest absolute Gasteiger partial charge is 0.333 e. The molecule has 0 aliphatic carbocycles. The van der Waals surface area contributed by atoms with Crippen LogP contribution in [0, 0.1) is 0 Å². The van der Waals surface area contributed by atoms with Gasteiger partial charge in [-0.1, -0.05) is 29.4 Å². The Morgan fingerprint density at radius 1 is 1.17 bits per heavy atom. The number of halogens is 1. The third-order valence-electron chi connectivity index (χ3n) is 5.87. The largest absolute Gasteiger partial charge is 0.486 e. The number of aromatic nitrogens is 1. The van der Waals surface area contributed by atoms with E-state index in [0.717, 1.165) is 32.4 Å². The number of nitrogens with one attached hydrogen (secondary N) is 1. The fourth-order valence-corrected chi connectivity index (χ4v) is 4.29. The van der Waals surface area contributed by atoms with Crippen LogP contribution in [0.1, 0.15) is 12.5 Å². The highest BCUT2D eigenvalue weighted by molar-refractivity contribution is 9.10. The number of aliphatic hydroxyl groups is 1. The van der Waals surface area contributed by atoms with Gasteiger partial charge in [-0.25, -0.2) is 4.79 Å². The zero-order chi connectivity index (χ0) is 25.3. The van der Waals surface area contributed by atoms with Crippen LogP contribution >= 0.6 is 15.9 Å². The number of nitrogens with zero attached hydrogens (tertiary/aromatic N) is 2. The standard InChI is InChI=1S/C26H22BrN3O6/c1-26(14-31,25(32)33)28-13-15-5-7-18-21(11-15)36-30-24(18)29-19-4-2-3-17(23(19)27)16-6-8-20-22(12-16)35-10-9-34-20/h2-8,11-13,31H,9-10,14H2,1H3,(H,29,30)(H,32,33). The molecule has 1 aliphatic heterocycles. The molecule has 5 rings (SSSR count). The Labute approximate surface area is 214 Å². The topological polar surface area (TPSA) is 126 Å². The van der Waals surface area contributed by atoms with Crippen molar-refractivity contribution in [2.75, 3.05) is 25.1 Å². The lowest BCUT2D eigenvalue weighted by Gasteiger charge is -2.19. The fourth-order valence-electron chi connectivity index (χ4n) is 3.70. The van der Waals surface area contributed by atoms with E-state index in [1.165, 1.54) is 13.1 Å². The van der Waals surface area contributed by atoms with E-state index in [0.29, 0.717) is 35.9 Å². The van der Waals surface area contributed by atoms with Crippen molar-refractivity contribution in [1.29, 1.82) is 0 Å². The number of carboxylic acids is 1. The summed E-state index contributed by atoms with van der Waals surface area (Å²) in [5.41, 5.74) is 2.24. The van der Waals surface area contributed by atoms with Gasteiger partial charge in [0.15, 0.2) is 28.4 Å². The molecule has 3 aromatic carbocycles. The first-order valence-electron chi connectivity index (χ1n) is 11.1. The Hall–Kier alpha value is -3.89. The number of aliphatic hydroxyl groups excluding tert-OH is 1. The molecule has 0 fully saturated rings. The van der Waals surface area contributed by atoms with Crippen LogP contribution < -0.4 is 14.8 Å². The minimum atomic E-state index is -1.61. The summed E-state index contributed by atoms with van der Waals surface area (Å²) in [6.45, 7) is 1.79. The Balaban J connectivity index is 1.41. The minimum Gasteiger partial charge on any atom is -0.486 e. The van der Waals surface area contributed by atoms with Crippen molar-refractivity contribution in [2.45, 2.75) is 12.5 Å². The molecule has 3 N–H and O–H groups in total. The van der Waals surface area contributed by atoms with Gasteiger partial charge in [0.2, 0.25) is 0 Å². The molecular formula is C26H22BrN3O6. The van der Waals surface area contributed by atoms with Crippen LogP contribution in [0.3, 0.4) is 0 Å². The van der Waals surface area contributed by atoms with E-state index in [9.17, 15) is 15.0 Å². The first kappa shape index (κ1) is 23.8. The number of carboxylic acid groups (broad SMARTS) is 1. The number of aliphatic imine (C=N–C) groups is 1. The van der Waals surface area contributed by atoms with Gasteiger partial charge < -0.3 is 29.5 Å². The van der Waals surface area contributed by atoms with Gasteiger partial charge in [-0.15, -0.1) is 0 Å². The average Bonchev–Trinajstić information content (AvgIpc) is 3.30. The fraction of sp³-hybridized carbons (Fsp3) is 0.192. The molecule has 1 aromatic heterocycles. The molecule has 1 atom stereocenters. The lowest BCUT2D eigenvalue weighted by molar-refractivity contribution is -0.143. The molecule has 0 saturated carbocycles. The third kappa shape index (κ3) is 4.52. The van der Waals surface area contributed by atoms with E-state index in [-0.39, 0.29) is 0 Å². The summed E-state index contributed by atoms with van der Waals surface area (Å²) in [5, 5.41) is 26.9. The van der Waals surface area contributed by atoms with Gasteiger partial charge in [0.05, 0.1) is 17.7 Å². The molecule has 2 heterocycles. The Bertz CT molecular complexity index is 1480. The summed E-state index contributed by atoms with van der Waals surface area (Å²) in [6, 6.07) is 17.0. The highest BCUT2D eigenvalue weighted by Crippen LogP contribution is 2.40. The first-order valence-corrected chi connectivity index (χ1v) is 11.9. The number of anilines is 2. The Kier molecular flexibility index (Phi) is 6.38. The van der Waals surface area contributed by atoms with E-state index in [1.807, 2.05) is 42.5 Å². The molecule has 36 heavy (non-hydrogen) atoms. The average molecular weight is 552 g/mol. The van der Waals surface area contributed by atoms with Gasteiger partial charge >= 0.3 is 5.97 Å². The van der Waals surface area contributed by atoms with Gasteiger partial charge in [0, 0.05) is 10.7 Å². The highest BCUT2D eigenvalue weighted by atomic mass is 79.9. The molecule has 10 heteroatoms. The zero-order valence-electron chi connectivity index (χ0n) is 19.2. The Morgan fingerprint density at radius 2 is 1.97 bits per heavy atom. The second-order valence-electron chi connectivity index (χ2n) is 8.43. The Morgan fingerprint density at radius 3 is 2.75 bits per heavy atom. The lowest BCUT2D eigenvalue weighted by Crippen LogP contribution is -2.37. The summed E-state index contributed by atoms with van der Waals surface area (Å²) in [7, 11) is 0. The van der Waals surface area contributed by atoms with Crippen molar-refractivity contribution in [3.63, 3.8) is 0 Å². The summed E-state index contributed by atoms with van der Waals surface area (Å²) in [6.07, 6.45) is 1.40. The highest BCUT2D eigenvalue weighted by Gasteiger charge is 2.31. The van der Waals surface area contributed by atoms with Crippen LogP contribution in [-0.4, -0.2) is 52.9 Å². The van der Waals surface area contributed by atoms with Crippen LogP contribution in [0.25, 0.3) is 22.1 Å². The number of benzene rings is 3. The third-order valence-corrected chi connectivity index (χ3v) is 6.72. The molecular weight excluding hydrogens is 530 g/mol. The van der Waals surface area contributed by atoms with E-state index in [1.54, 1.807) is 12.1 Å². The first-order chi connectivity index (χ1) is 17.4. The predicted octanol–water partition coefficient (Wildman–Crippen LogP) is 5.03. The van der Waals surface area contributed by atoms with Crippen molar-refractivity contribution >= 4 is 50.6 Å². The van der Waals surface area contributed by atoms with Gasteiger partial charge in [-0.05, 0) is 69.9 Å².